The summed E-state index contributed by atoms with van der Waals surface area (Å²) in [6, 6.07) is 17.9. The molecule has 1 atom stereocenters. The van der Waals surface area contributed by atoms with Crippen LogP contribution in [0.4, 0.5) is 0 Å². The molecular weight excluding hydrogens is 258 g/mol. The van der Waals surface area contributed by atoms with Crippen LogP contribution in [0.3, 0.4) is 0 Å². The molecule has 21 heavy (non-hydrogen) atoms. The highest BCUT2D eigenvalue weighted by Gasteiger charge is 2.13. The monoisotopic (exact) mass is 275 g/mol. The summed E-state index contributed by atoms with van der Waals surface area (Å²) < 4.78 is 2.04. The van der Waals surface area contributed by atoms with Crippen molar-refractivity contribution in [3.05, 3.63) is 71.9 Å². The van der Waals surface area contributed by atoms with Crippen LogP contribution in [0.1, 0.15) is 23.7 Å². The van der Waals surface area contributed by atoms with E-state index in [9.17, 15) is 5.11 Å². The summed E-state index contributed by atoms with van der Waals surface area (Å²) in [7, 11) is 1.99. The van der Waals surface area contributed by atoms with Crippen molar-refractivity contribution in [1.82, 2.24) is 4.57 Å². The molecule has 104 valence electrons. The zero-order valence-electron chi connectivity index (χ0n) is 12.0. The lowest BCUT2D eigenvalue weighted by atomic mass is 10.1. The SMILES string of the molecule is Cn1cc(C(O)CC#Cc2ccccc2)c2ccccc21. The van der Waals surface area contributed by atoms with Gasteiger partial charge in [0.15, 0.2) is 0 Å². The number of hydrogen-bond acceptors (Lipinski definition) is 1. The number of aryl methyl sites for hydroxylation is 1. The Morgan fingerprint density at radius 1 is 1.05 bits per heavy atom. The lowest BCUT2D eigenvalue weighted by Gasteiger charge is -2.04. The number of aliphatic hydroxyl groups excluding tert-OH is 1. The summed E-state index contributed by atoms with van der Waals surface area (Å²) in [5.74, 6) is 6.15. The van der Waals surface area contributed by atoms with Gasteiger partial charge in [0.2, 0.25) is 0 Å². The van der Waals surface area contributed by atoms with Crippen LogP contribution < -0.4 is 0 Å². The summed E-state index contributed by atoms with van der Waals surface area (Å²) in [5.41, 5.74) is 3.04. The average Bonchev–Trinajstić information content (AvgIpc) is 2.86. The molecule has 2 nitrogen and oxygen atoms in total. The van der Waals surface area contributed by atoms with Crippen molar-refractivity contribution in [1.29, 1.82) is 0 Å². The molecule has 2 heteroatoms. The number of nitrogens with zero attached hydrogens (tertiary/aromatic N) is 1. The highest BCUT2D eigenvalue weighted by Crippen LogP contribution is 2.27. The number of benzene rings is 2. The van der Waals surface area contributed by atoms with Gasteiger partial charge in [-0.3, -0.25) is 0 Å². The van der Waals surface area contributed by atoms with E-state index in [1.54, 1.807) is 0 Å². The molecule has 0 amide bonds. The standard InChI is InChI=1S/C19H17NO/c1-20-14-17(16-11-5-6-12-18(16)20)19(21)13-7-10-15-8-3-2-4-9-15/h2-6,8-9,11-12,14,19,21H,13H2,1H3. The summed E-state index contributed by atoms with van der Waals surface area (Å²) in [6.45, 7) is 0. The van der Waals surface area contributed by atoms with Crippen LogP contribution in [0.15, 0.2) is 60.8 Å². The first kappa shape index (κ1) is 13.5. The molecule has 2 aromatic carbocycles. The summed E-state index contributed by atoms with van der Waals surface area (Å²) in [4.78, 5) is 0. The smallest absolute Gasteiger partial charge is 0.0919 e. The van der Waals surface area contributed by atoms with E-state index in [-0.39, 0.29) is 0 Å². The Bertz CT molecular complexity index is 806. The van der Waals surface area contributed by atoms with Crippen molar-refractivity contribution in [3.63, 3.8) is 0 Å². The van der Waals surface area contributed by atoms with Crippen molar-refractivity contribution in [2.75, 3.05) is 0 Å². The maximum absolute atomic E-state index is 10.4. The van der Waals surface area contributed by atoms with E-state index in [0.717, 1.165) is 22.0 Å². The molecule has 0 saturated heterocycles. The maximum Gasteiger partial charge on any atom is 0.0919 e. The predicted molar refractivity (Wildman–Crippen MR) is 85.8 cm³/mol. The van der Waals surface area contributed by atoms with E-state index >= 15 is 0 Å². The van der Waals surface area contributed by atoms with Crippen molar-refractivity contribution in [3.8, 4) is 11.8 Å². The fourth-order valence-electron chi connectivity index (χ4n) is 2.52. The third-order valence-electron chi connectivity index (χ3n) is 3.59. The van der Waals surface area contributed by atoms with E-state index < -0.39 is 6.10 Å². The second kappa shape index (κ2) is 5.87. The number of aliphatic hydroxyl groups is 1. The number of para-hydroxylation sites is 1. The number of hydrogen-bond donors (Lipinski definition) is 1. The number of rotatable bonds is 2. The Morgan fingerprint density at radius 2 is 1.76 bits per heavy atom. The summed E-state index contributed by atoms with van der Waals surface area (Å²) in [6.07, 6.45) is 1.86. The molecule has 0 aliphatic rings. The van der Waals surface area contributed by atoms with Crippen molar-refractivity contribution in [2.45, 2.75) is 12.5 Å². The first-order chi connectivity index (χ1) is 10.3. The molecule has 3 aromatic rings. The molecule has 0 aliphatic heterocycles. The van der Waals surface area contributed by atoms with Crippen LogP contribution in [-0.4, -0.2) is 9.67 Å². The minimum Gasteiger partial charge on any atom is -0.387 e. The van der Waals surface area contributed by atoms with E-state index in [4.69, 9.17) is 0 Å². The van der Waals surface area contributed by atoms with E-state index in [2.05, 4.69) is 17.9 Å². The molecule has 0 aliphatic carbocycles. The Morgan fingerprint density at radius 3 is 2.57 bits per heavy atom. The first-order valence-electron chi connectivity index (χ1n) is 7.01. The lowest BCUT2D eigenvalue weighted by molar-refractivity contribution is 0.185. The molecule has 1 N–H and O–H groups in total. The van der Waals surface area contributed by atoms with Crippen molar-refractivity contribution < 1.29 is 5.11 Å². The summed E-state index contributed by atoms with van der Waals surface area (Å²) >= 11 is 0. The molecule has 0 saturated carbocycles. The Balaban J connectivity index is 1.82. The highest BCUT2D eigenvalue weighted by atomic mass is 16.3. The van der Waals surface area contributed by atoms with Gasteiger partial charge in [-0.15, -0.1) is 0 Å². The lowest BCUT2D eigenvalue weighted by Crippen LogP contribution is -1.94. The van der Waals surface area contributed by atoms with Gasteiger partial charge in [-0.05, 0) is 18.2 Å². The molecule has 1 aromatic heterocycles. The average molecular weight is 275 g/mol. The zero-order valence-corrected chi connectivity index (χ0v) is 12.0. The predicted octanol–water partition coefficient (Wildman–Crippen LogP) is 3.65. The number of aromatic nitrogens is 1. The van der Waals surface area contributed by atoms with Crippen LogP contribution >= 0.6 is 0 Å². The largest absolute Gasteiger partial charge is 0.387 e. The normalized spacial score (nSPS) is 11.9. The topological polar surface area (TPSA) is 25.2 Å². The molecule has 1 heterocycles. The van der Waals surface area contributed by atoms with E-state index in [1.165, 1.54) is 0 Å². The van der Waals surface area contributed by atoms with Gasteiger partial charge in [0.05, 0.1) is 6.10 Å². The Labute approximate surface area is 124 Å². The first-order valence-corrected chi connectivity index (χ1v) is 7.01. The quantitative estimate of drug-likeness (QED) is 0.709. The minimum absolute atomic E-state index is 0.433. The van der Waals surface area contributed by atoms with Crippen molar-refractivity contribution >= 4 is 10.9 Å². The van der Waals surface area contributed by atoms with Gasteiger partial charge in [0.25, 0.3) is 0 Å². The van der Waals surface area contributed by atoms with Crippen LogP contribution in [0, 0.1) is 11.8 Å². The van der Waals surface area contributed by atoms with Gasteiger partial charge in [-0.1, -0.05) is 48.2 Å². The maximum atomic E-state index is 10.4. The van der Waals surface area contributed by atoms with Crippen LogP contribution in [-0.2, 0) is 7.05 Å². The minimum atomic E-state index is -0.563. The van der Waals surface area contributed by atoms with Gasteiger partial charge in [-0.25, -0.2) is 0 Å². The molecule has 0 fully saturated rings. The third kappa shape index (κ3) is 2.84. The summed E-state index contributed by atoms with van der Waals surface area (Å²) in [5, 5.41) is 11.5. The van der Waals surface area contributed by atoms with Crippen molar-refractivity contribution in [2.24, 2.45) is 7.05 Å². The molecule has 0 bridgehead atoms. The third-order valence-corrected chi connectivity index (χ3v) is 3.59. The molecular formula is C19H17NO. The fraction of sp³-hybridized carbons (Fsp3) is 0.158. The van der Waals surface area contributed by atoms with Gasteiger partial charge in [0.1, 0.15) is 0 Å². The zero-order chi connectivity index (χ0) is 14.7. The van der Waals surface area contributed by atoms with Crippen LogP contribution in [0.5, 0.6) is 0 Å². The van der Waals surface area contributed by atoms with E-state index in [1.807, 2.05) is 66.3 Å². The highest BCUT2D eigenvalue weighted by molar-refractivity contribution is 5.84. The molecule has 1 unspecified atom stereocenters. The fourth-order valence-corrected chi connectivity index (χ4v) is 2.52. The van der Waals surface area contributed by atoms with Crippen LogP contribution in [0.25, 0.3) is 10.9 Å². The molecule has 0 radical (unpaired) electrons. The number of fused-ring (bicyclic) bond motifs is 1. The van der Waals surface area contributed by atoms with Gasteiger partial charge in [-0.2, -0.15) is 0 Å². The van der Waals surface area contributed by atoms with Gasteiger partial charge >= 0.3 is 0 Å². The molecule has 0 spiro atoms. The van der Waals surface area contributed by atoms with E-state index in [0.29, 0.717) is 6.42 Å². The van der Waals surface area contributed by atoms with Gasteiger partial charge < -0.3 is 9.67 Å². The second-order valence-corrected chi connectivity index (χ2v) is 5.10. The van der Waals surface area contributed by atoms with Gasteiger partial charge in [0, 0.05) is 41.7 Å². The van der Waals surface area contributed by atoms with Crippen LogP contribution in [0.2, 0.25) is 0 Å². The Hall–Kier alpha value is -2.50. The molecule has 3 rings (SSSR count). The second-order valence-electron chi connectivity index (χ2n) is 5.10. The Kier molecular flexibility index (Phi) is 3.77.